The van der Waals surface area contributed by atoms with Crippen LogP contribution in [-0.4, -0.2) is 36.0 Å². The molecule has 0 aliphatic heterocycles. The van der Waals surface area contributed by atoms with Gasteiger partial charge in [0.15, 0.2) is 0 Å². The number of anilines is 1. The Labute approximate surface area is 183 Å². The van der Waals surface area contributed by atoms with E-state index in [4.69, 9.17) is 0 Å². The van der Waals surface area contributed by atoms with Gasteiger partial charge in [0.2, 0.25) is 5.91 Å². The van der Waals surface area contributed by atoms with Crippen molar-refractivity contribution in [2.75, 3.05) is 11.9 Å². The van der Waals surface area contributed by atoms with Crippen molar-refractivity contribution < 1.29 is 14.4 Å². The molecule has 4 amide bonds. The first-order valence-corrected chi connectivity index (χ1v) is 11.7. The van der Waals surface area contributed by atoms with E-state index in [0.29, 0.717) is 11.3 Å². The summed E-state index contributed by atoms with van der Waals surface area (Å²) in [5, 5.41) is 11.9. The molecule has 0 unspecified atom stereocenters. The normalized spacial score (nSPS) is 30.5. The largest absolute Gasteiger partial charge is 0.349 e. The van der Waals surface area contributed by atoms with Gasteiger partial charge in [-0.1, -0.05) is 12.1 Å². The van der Waals surface area contributed by atoms with Crippen LogP contribution >= 0.6 is 0 Å². The van der Waals surface area contributed by atoms with Gasteiger partial charge in [-0.2, -0.15) is 0 Å². The fraction of sp³-hybridized carbons (Fsp3) is 0.625. The number of amides is 4. The predicted molar refractivity (Wildman–Crippen MR) is 118 cm³/mol. The number of hydrogen-bond donors (Lipinski definition) is 4. The summed E-state index contributed by atoms with van der Waals surface area (Å²) in [5.74, 6) is 1.94. The van der Waals surface area contributed by atoms with Crippen molar-refractivity contribution >= 4 is 23.5 Å². The van der Waals surface area contributed by atoms with Crippen LogP contribution in [0.3, 0.4) is 0 Å². The van der Waals surface area contributed by atoms with E-state index >= 15 is 0 Å². The summed E-state index contributed by atoms with van der Waals surface area (Å²) >= 11 is 0. The number of hydrogen-bond acceptors (Lipinski definition) is 3. The van der Waals surface area contributed by atoms with Crippen molar-refractivity contribution in [2.45, 2.75) is 69.4 Å². The molecule has 4 bridgehead atoms. The molecule has 5 aliphatic rings. The lowest BCUT2D eigenvalue weighted by atomic mass is 9.53. The quantitative estimate of drug-likeness (QED) is 0.541. The fourth-order valence-corrected chi connectivity index (χ4v) is 6.33. The topological polar surface area (TPSA) is 99.3 Å². The zero-order valence-corrected chi connectivity index (χ0v) is 17.9. The maximum absolute atomic E-state index is 12.5. The predicted octanol–water partition coefficient (Wildman–Crippen LogP) is 3.18. The highest BCUT2D eigenvalue weighted by atomic mass is 16.2. The minimum absolute atomic E-state index is 0.0328. The average molecular weight is 425 g/mol. The summed E-state index contributed by atoms with van der Waals surface area (Å²) in [4.78, 5) is 37.3. The molecule has 7 heteroatoms. The molecule has 0 radical (unpaired) electrons. The minimum Gasteiger partial charge on any atom is -0.349 e. The second kappa shape index (κ2) is 8.17. The van der Waals surface area contributed by atoms with Crippen LogP contribution in [0, 0.1) is 17.8 Å². The number of para-hydroxylation sites is 1. The lowest BCUT2D eigenvalue weighted by Crippen LogP contribution is -2.61. The maximum atomic E-state index is 12.5. The van der Waals surface area contributed by atoms with Gasteiger partial charge in [0.25, 0.3) is 5.91 Å². The van der Waals surface area contributed by atoms with Crippen molar-refractivity contribution in [3.05, 3.63) is 29.8 Å². The van der Waals surface area contributed by atoms with Gasteiger partial charge in [0, 0.05) is 24.5 Å². The van der Waals surface area contributed by atoms with E-state index in [1.54, 1.807) is 24.3 Å². The molecule has 0 saturated heterocycles. The van der Waals surface area contributed by atoms with Gasteiger partial charge in [0.1, 0.15) is 0 Å². The standard InChI is InChI=1S/C24H32N4O3/c29-21(27-20-4-2-1-3-19(20)22(30)26-18-5-6-18)7-8-25-23(31)28-24-12-15-9-16(13-24)11-17(10-15)14-24/h1-4,15-18H,5-14H2,(H,26,30)(H,27,29)(H2,25,28,31). The molecule has 0 atom stereocenters. The third kappa shape index (κ3) is 4.70. The lowest BCUT2D eigenvalue weighted by molar-refractivity contribution is -0.116. The van der Waals surface area contributed by atoms with Crippen LogP contribution in [0.5, 0.6) is 0 Å². The molecule has 7 nitrogen and oxygen atoms in total. The molecule has 166 valence electrons. The third-order valence-electron chi connectivity index (χ3n) is 7.41. The first-order valence-electron chi connectivity index (χ1n) is 11.7. The molecule has 6 rings (SSSR count). The van der Waals surface area contributed by atoms with Gasteiger partial charge in [-0.15, -0.1) is 0 Å². The van der Waals surface area contributed by atoms with E-state index in [0.717, 1.165) is 49.9 Å². The van der Waals surface area contributed by atoms with Crippen LogP contribution in [0.15, 0.2) is 24.3 Å². The van der Waals surface area contributed by atoms with E-state index in [9.17, 15) is 14.4 Å². The highest BCUT2D eigenvalue weighted by molar-refractivity contribution is 6.04. The monoisotopic (exact) mass is 424 g/mol. The van der Waals surface area contributed by atoms with Crippen LogP contribution in [0.2, 0.25) is 0 Å². The smallest absolute Gasteiger partial charge is 0.315 e. The summed E-state index contributed by atoms with van der Waals surface area (Å²) in [6, 6.07) is 7.11. The molecule has 1 aromatic carbocycles. The number of carbonyl (C=O) groups is 3. The van der Waals surface area contributed by atoms with E-state index in [-0.39, 0.29) is 42.4 Å². The average Bonchev–Trinajstić information content (AvgIpc) is 3.50. The molecule has 5 saturated carbocycles. The van der Waals surface area contributed by atoms with Crippen molar-refractivity contribution in [3.8, 4) is 0 Å². The lowest BCUT2D eigenvalue weighted by Gasteiger charge is -2.56. The Kier molecular flexibility index (Phi) is 5.36. The van der Waals surface area contributed by atoms with E-state index in [1.807, 2.05) is 0 Å². The molecule has 5 aliphatic carbocycles. The zero-order valence-electron chi connectivity index (χ0n) is 17.9. The molecule has 5 fully saturated rings. The van der Waals surface area contributed by atoms with Gasteiger partial charge in [-0.25, -0.2) is 4.79 Å². The number of carbonyl (C=O) groups excluding carboxylic acids is 3. The van der Waals surface area contributed by atoms with Crippen molar-refractivity contribution in [1.82, 2.24) is 16.0 Å². The SMILES string of the molecule is O=C(CCNC(=O)NC12CC3CC(CC(C3)C1)C2)Nc1ccccc1C(=O)NC1CC1. The van der Waals surface area contributed by atoms with Gasteiger partial charge in [-0.3, -0.25) is 9.59 Å². The Morgan fingerprint density at radius 1 is 0.935 bits per heavy atom. The Bertz CT molecular complexity index is 844. The van der Waals surface area contributed by atoms with E-state index in [1.165, 1.54) is 19.3 Å². The van der Waals surface area contributed by atoms with Crippen LogP contribution in [0.1, 0.15) is 68.1 Å². The number of nitrogens with one attached hydrogen (secondary N) is 4. The first-order chi connectivity index (χ1) is 15.0. The Morgan fingerprint density at radius 2 is 1.58 bits per heavy atom. The fourth-order valence-electron chi connectivity index (χ4n) is 6.33. The van der Waals surface area contributed by atoms with Crippen molar-refractivity contribution in [1.29, 1.82) is 0 Å². The van der Waals surface area contributed by atoms with Gasteiger partial charge >= 0.3 is 6.03 Å². The second-order valence-electron chi connectivity index (χ2n) is 10.2. The summed E-state index contributed by atoms with van der Waals surface area (Å²) in [7, 11) is 0. The molecule has 1 aromatic rings. The zero-order chi connectivity index (χ0) is 21.4. The number of urea groups is 1. The van der Waals surface area contributed by atoms with Crippen LogP contribution < -0.4 is 21.3 Å². The van der Waals surface area contributed by atoms with E-state index < -0.39 is 0 Å². The summed E-state index contributed by atoms with van der Waals surface area (Å²) < 4.78 is 0. The molecular formula is C24H32N4O3. The Hall–Kier alpha value is -2.57. The van der Waals surface area contributed by atoms with Crippen LogP contribution in [0.4, 0.5) is 10.5 Å². The first kappa shape index (κ1) is 20.3. The Morgan fingerprint density at radius 3 is 2.23 bits per heavy atom. The maximum Gasteiger partial charge on any atom is 0.315 e. The second-order valence-corrected chi connectivity index (χ2v) is 10.2. The Balaban J connectivity index is 1.09. The summed E-state index contributed by atoms with van der Waals surface area (Å²) in [5.41, 5.74) is 0.938. The van der Waals surface area contributed by atoms with Gasteiger partial charge in [-0.05, 0) is 81.3 Å². The van der Waals surface area contributed by atoms with E-state index in [2.05, 4.69) is 21.3 Å². The number of benzene rings is 1. The molecular weight excluding hydrogens is 392 g/mol. The molecule has 0 aromatic heterocycles. The highest BCUT2D eigenvalue weighted by Gasteiger charge is 2.51. The minimum atomic E-state index is -0.221. The summed E-state index contributed by atoms with van der Waals surface area (Å²) in [6.07, 6.45) is 9.50. The molecule has 0 spiro atoms. The summed E-state index contributed by atoms with van der Waals surface area (Å²) in [6.45, 7) is 0.264. The van der Waals surface area contributed by atoms with Crippen molar-refractivity contribution in [3.63, 3.8) is 0 Å². The number of rotatable bonds is 7. The van der Waals surface area contributed by atoms with Gasteiger partial charge < -0.3 is 21.3 Å². The van der Waals surface area contributed by atoms with Crippen molar-refractivity contribution in [2.24, 2.45) is 17.8 Å². The third-order valence-corrected chi connectivity index (χ3v) is 7.41. The molecule has 4 N–H and O–H groups in total. The van der Waals surface area contributed by atoms with Gasteiger partial charge in [0.05, 0.1) is 11.3 Å². The highest BCUT2D eigenvalue weighted by Crippen LogP contribution is 2.55. The molecule has 0 heterocycles. The molecule has 31 heavy (non-hydrogen) atoms. The van der Waals surface area contributed by atoms with Crippen LogP contribution in [0.25, 0.3) is 0 Å². The van der Waals surface area contributed by atoms with Crippen LogP contribution in [-0.2, 0) is 4.79 Å².